The Morgan fingerprint density at radius 3 is 2.13 bits per heavy atom. The maximum absolute atomic E-state index is 12.3. The van der Waals surface area contributed by atoms with Gasteiger partial charge in [0.2, 0.25) is 11.6 Å². The molecule has 152 valence electrons. The molecule has 0 bridgehead atoms. The average molecular weight is 408 g/mol. The lowest BCUT2D eigenvalue weighted by Crippen LogP contribution is -2.32. The summed E-state index contributed by atoms with van der Waals surface area (Å²) in [6.45, 7) is 1.76. The van der Waals surface area contributed by atoms with Gasteiger partial charge in [-0.05, 0) is 30.7 Å². The van der Waals surface area contributed by atoms with E-state index in [9.17, 15) is 19.7 Å². The van der Waals surface area contributed by atoms with Crippen molar-refractivity contribution in [1.82, 2.24) is 25.8 Å². The van der Waals surface area contributed by atoms with Gasteiger partial charge in [-0.1, -0.05) is 24.3 Å². The third kappa shape index (κ3) is 4.62. The van der Waals surface area contributed by atoms with Gasteiger partial charge in [-0.25, -0.2) is 9.97 Å². The molecule has 0 radical (unpaired) electrons. The number of carbonyl (C=O) groups is 2. The van der Waals surface area contributed by atoms with Crippen molar-refractivity contribution in [3.05, 3.63) is 81.9 Å². The van der Waals surface area contributed by atoms with Crippen molar-refractivity contribution in [1.29, 1.82) is 0 Å². The second kappa shape index (κ2) is 9.05. The van der Waals surface area contributed by atoms with E-state index in [0.29, 0.717) is 5.56 Å². The monoisotopic (exact) mass is 408 g/mol. The molecule has 4 N–H and O–H groups in total. The van der Waals surface area contributed by atoms with E-state index in [4.69, 9.17) is 0 Å². The number of hydrazine groups is 2. The smallest absolute Gasteiger partial charge is 0.276 e. The lowest BCUT2D eigenvalue weighted by atomic mass is 10.1. The number of nitrogens with one attached hydrogen (secondary N) is 4. The molecule has 3 rings (SSSR count). The van der Waals surface area contributed by atoms with Crippen LogP contribution in [0, 0.1) is 17.0 Å². The van der Waals surface area contributed by atoms with E-state index in [2.05, 4.69) is 36.7 Å². The summed E-state index contributed by atoms with van der Waals surface area (Å²) in [5.41, 5.74) is 10.1. The van der Waals surface area contributed by atoms with Gasteiger partial charge in [-0.15, -0.1) is 0 Å². The van der Waals surface area contributed by atoms with Crippen LogP contribution >= 0.6 is 0 Å². The van der Waals surface area contributed by atoms with E-state index >= 15 is 0 Å². The van der Waals surface area contributed by atoms with Crippen molar-refractivity contribution < 1.29 is 14.5 Å². The highest BCUT2D eigenvalue weighted by Gasteiger charge is 2.24. The largest absolute Gasteiger partial charge is 0.356 e. The zero-order valence-corrected chi connectivity index (χ0v) is 15.6. The van der Waals surface area contributed by atoms with Crippen molar-refractivity contribution in [3.8, 4) is 0 Å². The van der Waals surface area contributed by atoms with Crippen molar-refractivity contribution in [2.75, 3.05) is 10.9 Å². The fourth-order valence-electron chi connectivity index (χ4n) is 2.42. The van der Waals surface area contributed by atoms with Crippen LogP contribution in [0.1, 0.15) is 26.4 Å². The Hall–Kier alpha value is -4.61. The van der Waals surface area contributed by atoms with Gasteiger partial charge in [-0.3, -0.25) is 46.4 Å². The van der Waals surface area contributed by atoms with Crippen molar-refractivity contribution in [2.24, 2.45) is 0 Å². The quantitative estimate of drug-likeness (QED) is 0.336. The molecule has 2 aromatic heterocycles. The third-order valence-corrected chi connectivity index (χ3v) is 3.88. The molecule has 12 heteroatoms. The number of rotatable bonds is 7. The lowest BCUT2D eigenvalue weighted by Gasteiger charge is -2.12. The zero-order chi connectivity index (χ0) is 21.5. The number of hydrogen-bond donors (Lipinski definition) is 4. The number of nitro groups is 1. The first-order chi connectivity index (χ1) is 14.5. The van der Waals surface area contributed by atoms with E-state index in [-0.39, 0.29) is 17.3 Å². The van der Waals surface area contributed by atoms with Gasteiger partial charge >= 0.3 is 5.69 Å². The van der Waals surface area contributed by atoms with Crippen LogP contribution in [0.15, 0.2) is 55.0 Å². The molecule has 2 amide bonds. The Morgan fingerprint density at radius 1 is 0.900 bits per heavy atom. The summed E-state index contributed by atoms with van der Waals surface area (Å²) in [4.78, 5) is 46.6. The van der Waals surface area contributed by atoms with E-state index < -0.39 is 22.4 Å². The number of benzene rings is 1. The van der Waals surface area contributed by atoms with E-state index in [1.54, 1.807) is 43.3 Å². The zero-order valence-electron chi connectivity index (χ0n) is 15.6. The SMILES string of the molecule is Cc1ccccc1C(=O)NNc1ncnc(NNC(=O)c2ccccn2)c1[N+](=O)[O-]. The Bertz CT molecular complexity index is 1090. The molecule has 0 aliphatic heterocycles. The van der Waals surface area contributed by atoms with Gasteiger partial charge in [0.25, 0.3) is 11.8 Å². The maximum Gasteiger partial charge on any atom is 0.356 e. The van der Waals surface area contributed by atoms with E-state index in [1.807, 2.05) is 0 Å². The second-order valence-corrected chi connectivity index (χ2v) is 5.86. The third-order valence-electron chi connectivity index (χ3n) is 3.88. The molecule has 0 aliphatic carbocycles. The Morgan fingerprint density at radius 2 is 1.53 bits per heavy atom. The van der Waals surface area contributed by atoms with Gasteiger partial charge in [0, 0.05) is 11.8 Å². The van der Waals surface area contributed by atoms with E-state index in [0.717, 1.165) is 11.9 Å². The fraction of sp³-hybridized carbons (Fsp3) is 0.0556. The molecule has 1 aromatic carbocycles. The number of pyridine rings is 1. The number of aromatic nitrogens is 3. The minimum Gasteiger partial charge on any atom is -0.276 e. The highest BCUT2D eigenvalue weighted by Crippen LogP contribution is 2.27. The number of aryl methyl sites for hydroxylation is 1. The van der Waals surface area contributed by atoms with Gasteiger partial charge in [0.1, 0.15) is 12.0 Å². The van der Waals surface area contributed by atoms with E-state index in [1.165, 1.54) is 12.3 Å². The highest BCUT2D eigenvalue weighted by molar-refractivity contribution is 5.96. The van der Waals surface area contributed by atoms with Crippen LogP contribution in [0.4, 0.5) is 17.3 Å². The molecule has 0 aliphatic rings. The summed E-state index contributed by atoms with van der Waals surface area (Å²) in [6, 6.07) is 11.6. The van der Waals surface area contributed by atoms with Crippen molar-refractivity contribution in [2.45, 2.75) is 6.92 Å². The molecule has 0 fully saturated rings. The first-order valence-electron chi connectivity index (χ1n) is 8.56. The van der Waals surface area contributed by atoms with Crippen LogP contribution < -0.4 is 21.7 Å². The minimum absolute atomic E-state index is 0.102. The first kappa shape index (κ1) is 20.1. The van der Waals surface area contributed by atoms with Crippen LogP contribution in [0.25, 0.3) is 0 Å². The average Bonchev–Trinajstić information content (AvgIpc) is 2.76. The van der Waals surface area contributed by atoms with Crippen LogP contribution in [0.5, 0.6) is 0 Å². The van der Waals surface area contributed by atoms with Crippen LogP contribution in [0.2, 0.25) is 0 Å². The predicted octanol–water partition coefficient (Wildman–Crippen LogP) is 1.60. The summed E-state index contributed by atoms with van der Waals surface area (Å²) < 4.78 is 0. The molecular formula is C18H16N8O4. The molecule has 3 aromatic rings. The lowest BCUT2D eigenvalue weighted by molar-refractivity contribution is -0.383. The van der Waals surface area contributed by atoms with Gasteiger partial charge in [0.05, 0.1) is 4.92 Å². The Balaban J connectivity index is 1.74. The summed E-state index contributed by atoms with van der Waals surface area (Å²) in [5.74, 6) is -1.68. The molecule has 2 heterocycles. The molecule has 30 heavy (non-hydrogen) atoms. The summed E-state index contributed by atoms with van der Waals surface area (Å²) >= 11 is 0. The number of anilines is 2. The molecule has 0 saturated carbocycles. The van der Waals surface area contributed by atoms with Crippen molar-refractivity contribution >= 4 is 29.1 Å². The van der Waals surface area contributed by atoms with Crippen LogP contribution in [-0.2, 0) is 0 Å². The van der Waals surface area contributed by atoms with Crippen LogP contribution in [-0.4, -0.2) is 31.7 Å². The first-order valence-corrected chi connectivity index (χ1v) is 8.56. The number of carbonyl (C=O) groups excluding carboxylic acids is 2. The van der Waals surface area contributed by atoms with Gasteiger partial charge < -0.3 is 0 Å². The summed E-state index contributed by atoms with van der Waals surface area (Å²) in [7, 11) is 0. The van der Waals surface area contributed by atoms with Gasteiger partial charge in [-0.2, -0.15) is 0 Å². The predicted molar refractivity (Wildman–Crippen MR) is 106 cm³/mol. The topological polar surface area (TPSA) is 164 Å². The summed E-state index contributed by atoms with van der Waals surface area (Å²) in [5, 5.41) is 11.5. The molecule has 0 saturated heterocycles. The Labute approximate surface area is 169 Å². The maximum atomic E-state index is 12.3. The van der Waals surface area contributed by atoms with Gasteiger partial charge in [0.15, 0.2) is 0 Å². The van der Waals surface area contributed by atoms with Crippen molar-refractivity contribution in [3.63, 3.8) is 0 Å². The standard InChI is InChI=1S/C18H16N8O4/c1-11-6-2-3-7-12(11)17(27)24-22-15-14(26(29)30)16(21-10-20-15)23-25-18(28)13-8-4-5-9-19-13/h2-10H,1H3,(H,24,27)(H,25,28)(H2,20,21,22,23). The number of nitrogens with zero attached hydrogens (tertiary/aromatic N) is 4. The molecule has 0 atom stereocenters. The molecule has 0 spiro atoms. The fourth-order valence-corrected chi connectivity index (χ4v) is 2.42. The molecule has 0 unspecified atom stereocenters. The summed E-state index contributed by atoms with van der Waals surface area (Å²) in [6.07, 6.45) is 2.46. The Kier molecular flexibility index (Phi) is 6.08. The molecule has 12 nitrogen and oxygen atoms in total. The van der Waals surface area contributed by atoms with Crippen LogP contribution in [0.3, 0.4) is 0 Å². The number of amides is 2. The normalized spacial score (nSPS) is 10.0. The second-order valence-electron chi connectivity index (χ2n) is 5.86. The highest BCUT2D eigenvalue weighted by atomic mass is 16.6. The minimum atomic E-state index is -0.752. The molecular weight excluding hydrogens is 392 g/mol. The number of hydrogen-bond acceptors (Lipinski definition) is 9.